The van der Waals surface area contributed by atoms with Crippen molar-refractivity contribution in [3.05, 3.63) is 47.5 Å². The molecule has 2 N–H and O–H groups in total. The maximum absolute atomic E-state index is 14.4. The number of pyridine rings is 1. The van der Waals surface area contributed by atoms with Gasteiger partial charge >= 0.3 is 5.97 Å². The number of ether oxygens (including phenoxy) is 2. The Morgan fingerprint density at radius 1 is 1.20 bits per heavy atom. The van der Waals surface area contributed by atoms with Crippen molar-refractivity contribution in [3.63, 3.8) is 0 Å². The number of aromatic amines is 1. The molecule has 2 aliphatic rings. The molecule has 1 saturated heterocycles. The number of nitrogens with one attached hydrogen (secondary N) is 1. The highest BCUT2D eigenvalue weighted by molar-refractivity contribution is 5.94. The van der Waals surface area contributed by atoms with E-state index < -0.39 is 11.8 Å². The first-order valence-electron chi connectivity index (χ1n) is 12.1. The summed E-state index contributed by atoms with van der Waals surface area (Å²) in [5.74, 6) is -1.06. The van der Waals surface area contributed by atoms with Gasteiger partial charge in [-0.25, -0.2) is 9.37 Å². The van der Waals surface area contributed by atoms with Gasteiger partial charge in [0.15, 0.2) is 17.2 Å². The summed E-state index contributed by atoms with van der Waals surface area (Å²) >= 11 is 0. The fourth-order valence-corrected chi connectivity index (χ4v) is 5.92. The zero-order chi connectivity index (χ0) is 24.1. The second kappa shape index (κ2) is 8.64. The predicted octanol–water partition coefficient (Wildman–Crippen LogP) is 4.91. The minimum absolute atomic E-state index is 0.0768. The van der Waals surface area contributed by atoms with Crippen LogP contribution in [0.1, 0.15) is 55.2 Å². The van der Waals surface area contributed by atoms with Gasteiger partial charge in [-0.15, -0.1) is 0 Å². The van der Waals surface area contributed by atoms with E-state index >= 15 is 0 Å². The number of carboxylic acids is 1. The number of aliphatic carboxylic acids is 1. The third-order valence-electron chi connectivity index (χ3n) is 7.61. The van der Waals surface area contributed by atoms with E-state index in [2.05, 4.69) is 20.8 Å². The summed E-state index contributed by atoms with van der Waals surface area (Å²) < 4.78 is 27.5. The fourth-order valence-electron chi connectivity index (χ4n) is 5.92. The molecule has 3 aromatic heterocycles. The van der Waals surface area contributed by atoms with Crippen LogP contribution in [0.4, 0.5) is 4.39 Å². The number of fused-ring (bicyclic) bond motifs is 2. The molecule has 0 spiro atoms. The molecule has 182 valence electrons. The molecule has 2 fully saturated rings. The molecule has 4 aromatic rings. The van der Waals surface area contributed by atoms with E-state index in [1.807, 2.05) is 0 Å². The highest BCUT2D eigenvalue weighted by Gasteiger charge is 2.37. The lowest BCUT2D eigenvalue weighted by Gasteiger charge is -2.27. The Labute approximate surface area is 201 Å². The molecule has 1 aliphatic carbocycles. The number of H-pyrrole nitrogens is 1. The molecule has 0 bridgehead atoms. The van der Waals surface area contributed by atoms with Crippen molar-refractivity contribution in [2.45, 2.75) is 43.9 Å². The normalized spacial score (nSPS) is 21.2. The first-order chi connectivity index (χ1) is 17.0. The van der Waals surface area contributed by atoms with Gasteiger partial charge in [-0.2, -0.15) is 5.10 Å². The molecule has 9 heteroatoms. The molecule has 0 unspecified atom stereocenters. The van der Waals surface area contributed by atoms with E-state index in [1.54, 1.807) is 18.3 Å². The maximum atomic E-state index is 14.4. The molecular formula is C26H27FN4O4. The Balaban J connectivity index is 1.66. The lowest BCUT2D eigenvalue weighted by Crippen LogP contribution is -2.19. The van der Waals surface area contributed by atoms with Crippen LogP contribution in [-0.2, 0) is 9.53 Å². The Morgan fingerprint density at radius 3 is 2.77 bits per heavy atom. The SMILES string of the molecule is COc1cc(-n2c(C3CCOCC3)c([C@@H]3CC[C@@H](C(=O)O)C3)c3nc4[nH]ncc4cc32)ccc1F. The van der Waals surface area contributed by atoms with Crippen molar-refractivity contribution >= 4 is 28.0 Å². The van der Waals surface area contributed by atoms with Crippen molar-refractivity contribution in [3.8, 4) is 11.4 Å². The van der Waals surface area contributed by atoms with E-state index in [0.29, 0.717) is 31.7 Å². The summed E-state index contributed by atoms with van der Waals surface area (Å²) in [5, 5.41) is 17.7. The van der Waals surface area contributed by atoms with E-state index in [1.165, 1.54) is 13.2 Å². The van der Waals surface area contributed by atoms with Crippen LogP contribution in [0.25, 0.3) is 27.8 Å². The summed E-state index contributed by atoms with van der Waals surface area (Å²) in [6.07, 6.45) is 5.49. The molecule has 35 heavy (non-hydrogen) atoms. The van der Waals surface area contributed by atoms with Gasteiger partial charge in [0, 0.05) is 47.5 Å². The average Bonchev–Trinajstić information content (AvgIpc) is 3.60. The number of methoxy groups -OCH3 is 1. The Kier molecular flexibility index (Phi) is 5.44. The quantitative estimate of drug-likeness (QED) is 0.423. The van der Waals surface area contributed by atoms with Gasteiger partial charge in [-0.3, -0.25) is 9.89 Å². The summed E-state index contributed by atoms with van der Waals surface area (Å²) in [4.78, 5) is 16.8. The number of halogens is 1. The smallest absolute Gasteiger partial charge is 0.306 e. The van der Waals surface area contributed by atoms with Gasteiger partial charge in [0.1, 0.15) is 0 Å². The number of carbonyl (C=O) groups is 1. The van der Waals surface area contributed by atoms with Crippen LogP contribution >= 0.6 is 0 Å². The van der Waals surface area contributed by atoms with Crippen LogP contribution in [-0.4, -0.2) is 51.1 Å². The molecule has 1 saturated carbocycles. The number of aromatic nitrogens is 4. The topological polar surface area (TPSA) is 102 Å². The molecular weight excluding hydrogens is 451 g/mol. The highest BCUT2D eigenvalue weighted by Crippen LogP contribution is 2.48. The van der Waals surface area contributed by atoms with Crippen LogP contribution < -0.4 is 4.74 Å². The average molecular weight is 479 g/mol. The number of hydrogen-bond donors (Lipinski definition) is 2. The Hall–Kier alpha value is -3.46. The lowest BCUT2D eigenvalue weighted by molar-refractivity contribution is -0.141. The van der Waals surface area contributed by atoms with Gasteiger partial charge in [0.05, 0.1) is 30.3 Å². The predicted molar refractivity (Wildman–Crippen MR) is 128 cm³/mol. The van der Waals surface area contributed by atoms with Crippen LogP contribution in [0, 0.1) is 11.7 Å². The molecule has 1 aromatic carbocycles. The van der Waals surface area contributed by atoms with Crippen LogP contribution in [0.3, 0.4) is 0 Å². The monoisotopic (exact) mass is 478 g/mol. The van der Waals surface area contributed by atoms with Crippen LogP contribution in [0.2, 0.25) is 0 Å². The second-order valence-electron chi connectivity index (χ2n) is 9.55. The third kappa shape index (κ3) is 3.65. The van der Waals surface area contributed by atoms with Crippen molar-refractivity contribution in [2.24, 2.45) is 5.92 Å². The molecule has 6 rings (SSSR count). The zero-order valence-electron chi connectivity index (χ0n) is 19.5. The number of carboxylic acid groups (broad SMARTS) is 1. The molecule has 4 heterocycles. The molecule has 8 nitrogen and oxygen atoms in total. The van der Waals surface area contributed by atoms with E-state index in [0.717, 1.165) is 52.6 Å². The van der Waals surface area contributed by atoms with E-state index in [-0.39, 0.29) is 23.5 Å². The molecule has 0 amide bonds. The minimum atomic E-state index is -0.740. The van der Waals surface area contributed by atoms with Crippen molar-refractivity contribution in [1.29, 1.82) is 0 Å². The standard InChI is InChI=1S/C26H27FN4O4/c1-34-21-12-18(4-5-19(21)27)31-20-11-17-13-28-30-25(17)29-23(20)22(15-2-3-16(10-15)26(32)33)24(31)14-6-8-35-9-7-14/h4-5,11-16H,2-3,6-10H2,1H3,(H,32,33)(H,28,29,30)/t15-,16-/m1/s1. The third-order valence-corrected chi connectivity index (χ3v) is 7.61. The van der Waals surface area contributed by atoms with Crippen LogP contribution in [0.15, 0.2) is 30.5 Å². The van der Waals surface area contributed by atoms with Crippen molar-refractivity contribution in [2.75, 3.05) is 20.3 Å². The second-order valence-corrected chi connectivity index (χ2v) is 9.55. The van der Waals surface area contributed by atoms with Crippen LogP contribution in [0.5, 0.6) is 5.75 Å². The number of benzene rings is 1. The summed E-state index contributed by atoms with van der Waals surface area (Å²) in [6.45, 7) is 1.33. The first-order valence-corrected chi connectivity index (χ1v) is 12.1. The van der Waals surface area contributed by atoms with Gasteiger partial charge in [0.2, 0.25) is 0 Å². The van der Waals surface area contributed by atoms with Gasteiger partial charge < -0.3 is 19.1 Å². The van der Waals surface area contributed by atoms with Gasteiger partial charge in [-0.1, -0.05) is 0 Å². The Morgan fingerprint density at radius 2 is 2.03 bits per heavy atom. The van der Waals surface area contributed by atoms with Crippen molar-refractivity contribution < 1.29 is 23.8 Å². The van der Waals surface area contributed by atoms with Gasteiger partial charge in [-0.05, 0) is 56.2 Å². The molecule has 1 aliphatic heterocycles. The van der Waals surface area contributed by atoms with E-state index in [4.69, 9.17) is 14.5 Å². The van der Waals surface area contributed by atoms with E-state index in [9.17, 15) is 14.3 Å². The molecule has 2 atom stereocenters. The zero-order valence-corrected chi connectivity index (χ0v) is 19.5. The fraction of sp³-hybridized carbons (Fsp3) is 0.423. The summed E-state index contributed by atoms with van der Waals surface area (Å²) in [5.41, 5.74) is 5.47. The maximum Gasteiger partial charge on any atom is 0.306 e. The minimum Gasteiger partial charge on any atom is -0.494 e. The highest BCUT2D eigenvalue weighted by atomic mass is 19.1. The largest absolute Gasteiger partial charge is 0.494 e. The summed E-state index contributed by atoms with van der Waals surface area (Å²) in [7, 11) is 1.46. The summed E-state index contributed by atoms with van der Waals surface area (Å²) in [6, 6.07) is 6.97. The lowest BCUT2D eigenvalue weighted by atomic mass is 9.87. The van der Waals surface area contributed by atoms with Crippen molar-refractivity contribution in [1.82, 2.24) is 19.7 Å². The number of rotatable bonds is 5. The Bertz CT molecular complexity index is 1420. The number of hydrogen-bond acceptors (Lipinski definition) is 5. The molecule has 0 radical (unpaired) electrons. The number of nitrogens with zero attached hydrogens (tertiary/aromatic N) is 3. The van der Waals surface area contributed by atoms with Gasteiger partial charge in [0.25, 0.3) is 0 Å². The first kappa shape index (κ1) is 22.0.